The summed E-state index contributed by atoms with van der Waals surface area (Å²) >= 11 is 0. The van der Waals surface area contributed by atoms with Gasteiger partial charge in [-0.25, -0.2) is 4.98 Å². The number of hydrogen-bond donors (Lipinski definition) is 1. The molecule has 0 spiro atoms. The van der Waals surface area contributed by atoms with Crippen LogP contribution in [0.2, 0.25) is 0 Å². The molecule has 1 aromatic rings. The average Bonchev–Trinajstić information content (AvgIpc) is 2.84. The molecule has 2 heterocycles. The van der Waals surface area contributed by atoms with Crippen molar-refractivity contribution < 1.29 is 0 Å². The largest absolute Gasteiger partial charge is 0.346 e. The summed E-state index contributed by atoms with van der Waals surface area (Å²) in [6, 6.07) is 2.78. The molecule has 1 aliphatic heterocycles. The van der Waals surface area contributed by atoms with E-state index in [0.717, 1.165) is 18.7 Å². The third kappa shape index (κ3) is 2.10. The van der Waals surface area contributed by atoms with Crippen molar-refractivity contribution in [1.29, 1.82) is 5.26 Å². The second-order valence-electron chi connectivity index (χ2n) is 4.33. The molecule has 0 aliphatic carbocycles. The number of rotatable bonds is 3. The van der Waals surface area contributed by atoms with E-state index in [0.29, 0.717) is 6.04 Å². The summed E-state index contributed by atoms with van der Waals surface area (Å²) in [5.41, 5.74) is 0.919. The first-order valence-electron chi connectivity index (χ1n) is 6.00. The molecule has 0 amide bonds. The summed E-state index contributed by atoms with van der Waals surface area (Å²) in [4.78, 5) is 9.37. The van der Waals surface area contributed by atoms with Crippen LogP contribution < -0.4 is 0 Å². The molecule has 2 unspecified atom stereocenters. The molecule has 0 bridgehead atoms. The van der Waals surface area contributed by atoms with Crippen LogP contribution in [-0.2, 0) is 0 Å². The summed E-state index contributed by atoms with van der Waals surface area (Å²) in [6.07, 6.45) is 8.22. The second kappa shape index (κ2) is 5.13. The third-order valence-electron chi connectivity index (χ3n) is 3.41. The minimum Gasteiger partial charge on any atom is -0.346 e. The SMILES string of the molecule is CCC1CCCCN1C(C#N)c1cnc[nH]1. The maximum atomic E-state index is 9.32. The molecule has 1 N–H and O–H groups in total. The van der Waals surface area contributed by atoms with Crippen LogP contribution in [0.25, 0.3) is 0 Å². The number of aromatic nitrogens is 2. The van der Waals surface area contributed by atoms with Gasteiger partial charge in [-0.2, -0.15) is 5.26 Å². The Balaban J connectivity index is 2.17. The molecule has 16 heavy (non-hydrogen) atoms. The standard InChI is InChI=1S/C12H18N4/c1-2-10-5-3-4-6-16(10)12(7-13)11-8-14-9-15-11/h8-10,12H,2-6H2,1H3,(H,14,15). The molecule has 1 fully saturated rings. The van der Waals surface area contributed by atoms with Gasteiger partial charge in [-0.3, -0.25) is 4.90 Å². The van der Waals surface area contributed by atoms with E-state index in [9.17, 15) is 5.26 Å². The maximum absolute atomic E-state index is 9.32. The monoisotopic (exact) mass is 218 g/mol. The van der Waals surface area contributed by atoms with Gasteiger partial charge in [-0.1, -0.05) is 13.3 Å². The summed E-state index contributed by atoms with van der Waals surface area (Å²) in [6.45, 7) is 3.22. The molecular formula is C12H18N4. The quantitative estimate of drug-likeness (QED) is 0.846. The van der Waals surface area contributed by atoms with Crippen LogP contribution in [0.4, 0.5) is 0 Å². The Kier molecular flexibility index (Phi) is 3.58. The third-order valence-corrected chi connectivity index (χ3v) is 3.41. The number of nitriles is 1. The Bertz CT molecular complexity index is 352. The van der Waals surface area contributed by atoms with Crippen LogP contribution >= 0.6 is 0 Å². The molecular weight excluding hydrogens is 200 g/mol. The average molecular weight is 218 g/mol. The van der Waals surface area contributed by atoms with E-state index in [4.69, 9.17) is 0 Å². The number of hydrogen-bond acceptors (Lipinski definition) is 3. The predicted molar refractivity (Wildman–Crippen MR) is 61.6 cm³/mol. The molecule has 86 valence electrons. The van der Waals surface area contributed by atoms with Crippen molar-refractivity contribution >= 4 is 0 Å². The van der Waals surface area contributed by atoms with E-state index < -0.39 is 0 Å². The molecule has 0 radical (unpaired) electrons. The van der Waals surface area contributed by atoms with E-state index in [1.165, 1.54) is 19.3 Å². The lowest BCUT2D eigenvalue weighted by molar-refractivity contribution is 0.115. The lowest BCUT2D eigenvalue weighted by Gasteiger charge is -2.37. The highest BCUT2D eigenvalue weighted by Crippen LogP contribution is 2.28. The van der Waals surface area contributed by atoms with Gasteiger partial charge in [0.15, 0.2) is 0 Å². The zero-order chi connectivity index (χ0) is 11.4. The van der Waals surface area contributed by atoms with Crippen molar-refractivity contribution in [1.82, 2.24) is 14.9 Å². The fourth-order valence-electron chi connectivity index (χ4n) is 2.54. The van der Waals surface area contributed by atoms with Gasteiger partial charge in [0.1, 0.15) is 6.04 Å². The van der Waals surface area contributed by atoms with Gasteiger partial charge in [0.2, 0.25) is 0 Å². The zero-order valence-corrected chi connectivity index (χ0v) is 9.69. The van der Waals surface area contributed by atoms with Gasteiger partial charge in [-0.15, -0.1) is 0 Å². The Labute approximate surface area is 96.3 Å². The smallest absolute Gasteiger partial charge is 0.140 e. The van der Waals surface area contributed by atoms with Gasteiger partial charge < -0.3 is 4.98 Å². The molecule has 4 heteroatoms. The van der Waals surface area contributed by atoms with Crippen LogP contribution in [0.3, 0.4) is 0 Å². The lowest BCUT2D eigenvalue weighted by Crippen LogP contribution is -2.41. The van der Waals surface area contributed by atoms with Gasteiger partial charge >= 0.3 is 0 Å². The highest BCUT2D eigenvalue weighted by molar-refractivity contribution is 5.13. The molecule has 1 saturated heterocycles. The van der Waals surface area contributed by atoms with Crippen molar-refractivity contribution in [2.45, 2.75) is 44.7 Å². The summed E-state index contributed by atoms with van der Waals surface area (Å²) in [5, 5.41) is 9.32. The topological polar surface area (TPSA) is 55.7 Å². The number of aromatic amines is 1. The number of imidazole rings is 1. The highest BCUT2D eigenvalue weighted by atomic mass is 15.2. The molecule has 2 atom stereocenters. The van der Waals surface area contributed by atoms with Crippen LogP contribution in [0.1, 0.15) is 44.3 Å². The molecule has 0 saturated carbocycles. The van der Waals surface area contributed by atoms with Gasteiger partial charge in [0.25, 0.3) is 0 Å². The fourth-order valence-corrected chi connectivity index (χ4v) is 2.54. The highest BCUT2D eigenvalue weighted by Gasteiger charge is 2.29. The molecule has 4 nitrogen and oxygen atoms in total. The van der Waals surface area contributed by atoms with Gasteiger partial charge in [0, 0.05) is 12.6 Å². The summed E-state index contributed by atoms with van der Waals surface area (Å²) in [5.74, 6) is 0. The minimum atomic E-state index is -0.159. The van der Waals surface area contributed by atoms with Crippen molar-refractivity contribution in [3.63, 3.8) is 0 Å². The molecule has 1 aliphatic rings. The van der Waals surface area contributed by atoms with Crippen molar-refractivity contribution in [2.75, 3.05) is 6.54 Å². The molecule has 0 aromatic carbocycles. The number of piperidine rings is 1. The van der Waals surface area contributed by atoms with Crippen molar-refractivity contribution in [3.8, 4) is 6.07 Å². The first-order chi connectivity index (χ1) is 7.86. The first kappa shape index (κ1) is 11.2. The lowest BCUT2D eigenvalue weighted by atomic mass is 9.97. The Morgan fingerprint density at radius 2 is 2.56 bits per heavy atom. The summed E-state index contributed by atoms with van der Waals surface area (Å²) in [7, 11) is 0. The number of H-pyrrole nitrogens is 1. The summed E-state index contributed by atoms with van der Waals surface area (Å²) < 4.78 is 0. The number of nitrogens with one attached hydrogen (secondary N) is 1. The van der Waals surface area contributed by atoms with E-state index in [1.807, 2.05) is 0 Å². The predicted octanol–water partition coefficient (Wildman–Crippen LogP) is 2.24. The van der Waals surface area contributed by atoms with Crippen molar-refractivity contribution in [2.24, 2.45) is 0 Å². The van der Waals surface area contributed by atoms with E-state index >= 15 is 0 Å². The normalized spacial score (nSPS) is 23.9. The Morgan fingerprint density at radius 1 is 1.69 bits per heavy atom. The molecule has 1 aromatic heterocycles. The fraction of sp³-hybridized carbons (Fsp3) is 0.667. The van der Waals surface area contributed by atoms with Crippen LogP contribution in [-0.4, -0.2) is 27.5 Å². The second-order valence-corrected chi connectivity index (χ2v) is 4.33. The zero-order valence-electron chi connectivity index (χ0n) is 9.69. The van der Waals surface area contributed by atoms with E-state index in [2.05, 4.69) is 27.9 Å². The van der Waals surface area contributed by atoms with E-state index in [1.54, 1.807) is 12.5 Å². The van der Waals surface area contributed by atoms with Crippen LogP contribution in [0.5, 0.6) is 0 Å². The van der Waals surface area contributed by atoms with Gasteiger partial charge in [-0.05, 0) is 19.3 Å². The first-order valence-corrected chi connectivity index (χ1v) is 6.00. The van der Waals surface area contributed by atoms with Crippen molar-refractivity contribution in [3.05, 3.63) is 18.2 Å². The van der Waals surface area contributed by atoms with Crippen LogP contribution in [0.15, 0.2) is 12.5 Å². The Hall–Kier alpha value is -1.34. The number of likely N-dealkylation sites (tertiary alicyclic amines) is 1. The maximum Gasteiger partial charge on any atom is 0.140 e. The number of nitrogens with zero attached hydrogens (tertiary/aromatic N) is 3. The minimum absolute atomic E-state index is 0.159. The van der Waals surface area contributed by atoms with Gasteiger partial charge in [0.05, 0.1) is 24.3 Å². The van der Waals surface area contributed by atoms with E-state index in [-0.39, 0.29) is 6.04 Å². The Morgan fingerprint density at radius 3 is 3.19 bits per heavy atom. The molecule has 2 rings (SSSR count). The van der Waals surface area contributed by atoms with Crippen LogP contribution in [0, 0.1) is 11.3 Å².